The summed E-state index contributed by atoms with van der Waals surface area (Å²) in [6.45, 7) is 3.91. The summed E-state index contributed by atoms with van der Waals surface area (Å²) in [5.74, 6) is 0.0239. The van der Waals surface area contributed by atoms with Gasteiger partial charge < -0.3 is 9.84 Å². The lowest BCUT2D eigenvalue weighted by molar-refractivity contribution is 0.421. The summed E-state index contributed by atoms with van der Waals surface area (Å²) in [6, 6.07) is 5.06. The molecular weight excluding hydrogens is 257 g/mol. The highest BCUT2D eigenvalue weighted by atomic mass is 35.5. The summed E-state index contributed by atoms with van der Waals surface area (Å²) in [4.78, 5) is 4.11. The Bertz CT molecular complexity index is 522. The molecule has 2 aromatic rings. The van der Waals surface area contributed by atoms with Crippen LogP contribution in [0.15, 0.2) is 22.7 Å². The molecule has 0 amide bonds. The van der Waals surface area contributed by atoms with E-state index in [0.717, 1.165) is 0 Å². The largest absolute Gasteiger partial charge is 0.336 e. The third-order valence-corrected chi connectivity index (χ3v) is 2.63. The number of rotatable bonds is 4. The first kappa shape index (κ1) is 12.8. The molecule has 4 nitrogen and oxygen atoms in total. The monoisotopic (exact) mass is 269 g/mol. The highest BCUT2D eigenvalue weighted by molar-refractivity contribution is 6.31. The normalized spacial score (nSPS) is 10.9. The standard InChI is InChI=1S/C12H13ClFN3O/c1-7(2)15-12-16-11(17-18-12)6-8-9(13)4-3-5-10(8)14/h3-5,7H,6H2,1-2H3,(H,15,16,17). The second-order valence-electron chi connectivity index (χ2n) is 4.19. The lowest BCUT2D eigenvalue weighted by atomic mass is 10.1. The Morgan fingerprint density at radius 2 is 2.22 bits per heavy atom. The van der Waals surface area contributed by atoms with Gasteiger partial charge in [-0.1, -0.05) is 22.8 Å². The van der Waals surface area contributed by atoms with E-state index in [0.29, 0.717) is 22.4 Å². The van der Waals surface area contributed by atoms with Gasteiger partial charge in [-0.3, -0.25) is 0 Å². The van der Waals surface area contributed by atoms with Crippen LogP contribution in [0.5, 0.6) is 0 Å². The number of benzene rings is 1. The molecule has 1 N–H and O–H groups in total. The van der Waals surface area contributed by atoms with E-state index in [-0.39, 0.29) is 18.3 Å². The summed E-state index contributed by atoms with van der Waals surface area (Å²) in [7, 11) is 0. The first-order valence-corrected chi connectivity index (χ1v) is 5.96. The van der Waals surface area contributed by atoms with E-state index in [1.165, 1.54) is 6.07 Å². The predicted molar refractivity (Wildman–Crippen MR) is 67.3 cm³/mol. The van der Waals surface area contributed by atoms with Gasteiger partial charge in [0.2, 0.25) is 0 Å². The average Bonchev–Trinajstić information content (AvgIpc) is 2.70. The van der Waals surface area contributed by atoms with E-state index in [1.807, 2.05) is 13.8 Å². The number of nitrogens with one attached hydrogen (secondary N) is 1. The molecule has 0 radical (unpaired) electrons. The van der Waals surface area contributed by atoms with Crippen LogP contribution in [0, 0.1) is 5.82 Å². The smallest absolute Gasteiger partial charge is 0.321 e. The number of hydrogen-bond donors (Lipinski definition) is 1. The zero-order chi connectivity index (χ0) is 13.1. The maximum absolute atomic E-state index is 13.6. The van der Waals surface area contributed by atoms with E-state index in [4.69, 9.17) is 16.1 Å². The van der Waals surface area contributed by atoms with Crippen LogP contribution in [0.25, 0.3) is 0 Å². The molecule has 0 bridgehead atoms. The van der Waals surface area contributed by atoms with Gasteiger partial charge in [0.1, 0.15) is 5.82 Å². The topological polar surface area (TPSA) is 51.0 Å². The Hall–Kier alpha value is -1.62. The minimum Gasteiger partial charge on any atom is -0.336 e. The Kier molecular flexibility index (Phi) is 3.81. The lowest BCUT2D eigenvalue weighted by Crippen LogP contribution is -2.09. The van der Waals surface area contributed by atoms with Crippen molar-refractivity contribution in [3.8, 4) is 0 Å². The maximum Gasteiger partial charge on any atom is 0.321 e. The van der Waals surface area contributed by atoms with Crippen LogP contribution >= 0.6 is 11.6 Å². The van der Waals surface area contributed by atoms with Crippen molar-refractivity contribution in [3.05, 3.63) is 40.4 Å². The third-order valence-electron chi connectivity index (χ3n) is 2.28. The minimum atomic E-state index is -0.370. The van der Waals surface area contributed by atoms with E-state index in [9.17, 15) is 4.39 Å². The molecule has 0 atom stereocenters. The zero-order valence-corrected chi connectivity index (χ0v) is 10.8. The number of hydrogen-bond acceptors (Lipinski definition) is 4. The fourth-order valence-corrected chi connectivity index (χ4v) is 1.72. The van der Waals surface area contributed by atoms with Crippen LogP contribution in [-0.4, -0.2) is 16.2 Å². The predicted octanol–water partition coefficient (Wildman–Crippen LogP) is 3.27. The van der Waals surface area contributed by atoms with Gasteiger partial charge in [-0.25, -0.2) is 4.39 Å². The van der Waals surface area contributed by atoms with Gasteiger partial charge >= 0.3 is 6.01 Å². The van der Waals surface area contributed by atoms with Gasteiger partial charge in [0.15, 0.2) is 5.82 Å². The summed E-state index contributed by atoms with van der Waals surface area (Å²) < 4.78 is 18.6. The molecule has 1 heterocycles. The summed E-state index contributed by atoms with van der Waals surface area (Å²) in [5, 5.41) is 7.11. The van der Waals surface area contributed by atoms with Gasteiger partial charge in [0.05, 0.1) is 0 Å². The summed E-state index contributed by atoms with van der Waals surface area (Å²) in [6.07, 6.45) is 0.203. The molecule has 18 heavy (non-hydrogen) atoms. The first-order valence-electron chi connectivity index (χ1n) is 5.58. The maximum atomic E-state index is 13.6. The summed E-state index contributed by atoms with van der Waals surface area (Å²) in [5.41, 5.74) is 0.371. The molecule has 6 heteroatoms. The Morgan fingerprint density at radius 3 is 2.89 bits per heavy atom. The second kappa shape index (κ2) is 5.35. The minimum absolute atomic E-state index is 0.190. The molecule has 0 unspecified atom stereocenters. The van der Waals surface area contributed by atoms with Gasteiger partial charge in [-0.15, -0.1) is 0 Å². The van der Waals surface area contributed by atoms with Crippen molar-refractivity contribution in [2.45, 2.75) is 26.3 Å². The van der Waals surface area contributed by atoms with E-state index in [2.05, 4.69) is 15.5 Å². The quantitative estimate of drug-likeness (QED) is 0.925. The molecule has 2 rings (SSSR count). The molecule has 0 aliphatic rings. The molecule has 96 valence electrons. The van der Waals surface area contributed by atoms with Crippen LogP contribution < -0.4 is 5.32 Å². The summed E-state index contributed by atoms with van der Waals surface area (Å²) >= 11 is 5.93. The number of aromatic nitrogens is 2. The highest BCUT2D eigenvalue weighted by Gasteiger charge is 2.12. The van der Waals surface area contributed by atoms with Crippen molar-refractivity contribution in [3.63, 3.8) is 0 Å². The van der Waals surface area contributed by atoms with Crippen molar-refractivity contribution in [1.29, 1.82) is 0 Å². The van der Waals surface area contributed by atoms with Crippen LogP contribution in [0.4, 0.5) is 10.4 Å². The molecule has 0 aliphatic carbocycles. The SMILES string of the molecule is CC(C)Nc1nc(Cc2c(F)cccc2Cl)no1. The van der Waals surface area contributed by atoms with E-state index < -0.39 is 0 Å². The van der Waals surface area contributed by atoms with Crippen molar-refractivity contribution in [1.82, 2.24) is 10.1 Å². The molecule has 0 saturated heterocycles. The van der Waals surface area contributed by atoms with Crippen LogP contribution in [0.1, 0.15) is 25.2 Å². The Labute approximate surface area is 109 Å². The van der Waals surface area contributed by atoms with E-state index in [1.54, 1.807) is 12.1 Å². The van der Waals surface area contributed by atoms with Gasteiger partial charge in [0, 0.05) is 23.0 Å². The van der Waals surface area contributed by atoms with Crippen molar-refractivity contribution >= 4 is 17.6 Å². The fourth-order valence-electron chi connectivity index (χ4n) is 1.49. The molecule has 0 saturated carbocycles. The number of nitrogens with zero attached hydrogens (tertiary/aromatic N) is 2. The van der Waals surface area contributed by atoms with Crippen molar-refractivity contribution in [2.75, 3.05) is 5.32 Å². The average molecular weight is 270 g/mol. The number of anilines is 1. The molecular formula is C12H13ClFN3O. The van der Waals surface area contributed by atoms with Crippen LogP contribution in [-0.2, 0) is 6.42 Å². The zero-order valence-electron chi connectivity index (χ0n) is 10.1. The second-order valence-corrected chi connectivity index (χ2v) is 4.60. The van der Waals surface area contributed by atoms with Gasteiger partial charge in [-0.05, 0) is 26.0 Å². The van der Waals surface area contributed by atoms with Crippen molar-refractivity contribution in [2.24, 2.45) is 0 Å². The third kappa shape index (κ3) is 2.98. The van der Waals surface area contributed by atoms with Gasteiger partial charge in [0.25, 0.3) is 0 Å². The first-order chi connectivity index (χ1) is 8.56. The number of halogens is 2. The molecule has 1 aromatic heterocycles. The molecule has 0 spiro atoms. The van der Waals surface area contributed by atoms with Crippen LogP contribution in [0.2, 0.25) is 5.02 Å². The lowest BCUT2D eigenvalue weighted by Gasteiger charge is -2.02. The van der Waals surface area contributed by atoms with Crippen LogP contribution in [0.3, 0.4) is 0 Å². The van der Waals surface area contributed by atoms with E-state index >= 15 is 0 Å². The molecule has 0 aliphatic heterocycles. The van der Waals surface area contributed by atoms with Crippen molar-refractivity contribution < 1.29 is 8.91 Å². The highest BCUT2D eigenvalue weighted by Crippen LogP contribution is 2.21. The molecule has 1 aromatic carbocycles. The fraction of sp³-hybridized carbons (Fsp3) is 0.333. The Balaban J connectivity index is 2.16. The molecule has 0 fully saturated rings. The Morgan fingerprint density at radius 1 is 1.44 bits per heavy atom. The van der Waals surface area contributed by atoms with Gasteiger partial charge in [-0.2, -0.15) is 4.98 Å².